The molecule has 2 saturated heterocycles. The molecule has 2 bridgehead atoms. The number of aliphatic imine (C=N–C) groups is 1. The molecule has 0 radical (unpaired) electrons. The number of benzene rings is 1. The SMILES string of the molecule is CCNC(=NCc1coc(-c2ccc(C)cc2)n1)NC1CC2CCCC(C1)N2C. The number of hydrogen-bond acceptors (Lipinski definition) is 4. The van der Waals surface area contributed by atoms with Crippen molar-refractivity contribution in [3.05, 3.63) is 41.8 Å². The van der Waals surface area contributed by atoms with Gasteiger partial charge in [-0.1, -0.05) is 24.1 Å². The topological polar surface area (TPSA) is 65.7 Å². The van der Waals surface area contributed by atoms with Crippen molar-refractivity contribution in [2.45, 2.75) is 70.6 Å². The fourth-order valence-electron chi connectivity index (χ4n) is 4.62. The lowest BCUT2D eigenvalue weighted by molar-refractivity contribution is 0.0526. The van der Waals surface area contributed by atoms with E-state index in [0.717, 1.165) is 23.8 Å². The van der Waals surface area contributed by atoms with Gasteiger partial charge >= 0.3 is 0 Å². The van der Waals surface area contributed by atoms with Gasteiger partial charge in [0.05, 0.1) is 6.54 Å². The fraction of sp³-hybridized carbons (Fsp3) is 0.565. The van der Waals surface area contributed by atoms with Crippen LogP contribution in [0.25, 0.3) is 11.5 Å². The quantitative estimate of drug-likeness (QED) is 0.597. The third-order valence-corrected chi connectivity index (χ3v) is 6.27. The summed E-state index contributed by atoms with van der Waals surface area (Å²) in [7, 11) is 2.29. The average Bonchev–Trinajstić information content (AvgIpc) is 3.17. The summed E-state index contributed by atoms with van der Waals surface area (Å²) in [6.07, 6.45) is 8.11. The molecule has 0 saturated carbocycles. The Hall–Kier alpha value is -2.34. The molecule has 2 aliphatic rings. The molecule has 2 unspecified atom stereocenters. The van der Waals surface area contributed by atoms with E-state index < -0.39 is 0 Å². The van der Waals surface area contributed by atoms with Crippen molar-refractivity contribution in [2.75, 3.05) is 13.6 Å². The van der Waals surface area contributed by atoms with E-state index >= 15 is 0 Å². The van der Waals surface area contributed by atoms with Gasteiger partial charge in [0.2, 0.25) is 5.89 Å². The van der Waals surface area contributed by atoms with Gasteiger partial charge in [0, 0.05) is 30.2 Å². The van der Waals surface area contributed by atoms with Crippen LogP contribution in [0.3, 0.4) is 0 Å². The van der Waals surface area contributed by atoms with Crippen molar-refractivity contribution in [2.24, 2.45) is 4.99 Å². The molecular weight excluding hydrogens is 362 g/mol. The maximum Gasteiger partial charge on any atom is 0.226 e. The molecule has 6 nitrogen and oxygen atoms in total. The molecule has 3 heterocycles. The van der Waals surface area contributed by atoms with Crippen LogP contribution in [0.2, 0.25) is 0 Å². The van der Waals surface area contributed by atoms with E-state index in [1.165, 1.54) is 37.7 Å². The number of piperidine rings is 2. The van der Waals surface area contributed by atoms with E-state index in [1.807, 2.05) is 12.1 Å². The molecule has 0 amide bonds. The Bertz CT molecular complexity index is 814. The Labute approximate surface area is 173 Å². The number of oxazole rings is 1. The summed E-state index contributed by atoms with van der Waals surface area (Å²) in [5.74, 6) is 1.52. The molecule has 2 aromatic rings. The van der Waals surface area contributed by atoms with E-state index in [-0.39, 0.29) is 0 Å². The first-order valence-corrected chi connectivity index (χ1v) is 10.9. The Morgan fingerprint density at radius 3 is 2.62 bits per heavy atom. The van der Waals surface area contributed by atoms with Crippen molar-refractivity contribution in [1.29, 1.82) is 0 Å². The van der Waals surface area contributed by atoms with Crippen LogP contribution < -0.4 is 10.6 Å². The molecule has 1 aromatic carbocycles. The number of rotatable bonds is 5. The van der Waals surface area contributed by atoms with Crippen LogP contribution in [0.1, 0.15) is 50.3 Å². The largest absolute Gasteiger partial charge is 0.444 e. The minimum absolute atomic E-state index is 0.486. The van der Waals surface area contributed by atoms with Gasteiger partial charge in [-0.2, -0.15) is 0 Å². The molecule has 2 fully saturated rings. The molecule has 29 heavy (non-hydrogen) atoms. The third kappa shape index (κ3) is 4.81. The number of aryl methyl sites for hydroxylation is 1. The summed E-state index contributed by atoms with van der Waals surface area (Å²) in [5, 5.41) is 7.06. The normalized spacial score (nSPS) is 25.1. The molecule has 0 aliphatic carbocycles. The number of nitrogens with one attached hydrogen (secondary N) is 2. The highest BCUT2D eigenvalue weighted by Crippen LogP contribution is 2.32. The van der Waals surface area contributed by atoms with Crippen LogP contribution in [-0.2, 0) is 6.54 Å². The molecule has 2 atom stereocenters. The van der Waals surface area contributed by atoms with Gasteiger partial charge in [-0.05, 0) is 58.7 Å². The Balaban J connectivity index is 1.39. The lowest BCUT2D eigenvalue weighted by Gasteiger charge is -2.47. The van der Waals surface area contributed by atoms with Crippen LogP contribution in [-0.4, -0.2) is 47.6 Å². The maximum atomic E-state index is 5.67. The first-order valence-electron chi connectivity index (χ1n) is 10.9. The highest BCUT2D eigenvalue weighted by Gasteiger charge is 2.36. The van der Waals surface area contributed by atoms with Crippen molar-refractivity contribution in [3.63, 3.8) is 0 Å². The zero-order valence-electron chi connectivity index (χ0n) is 17.8. The van der Waals surface area contributed by atoms with Crippen LogP contribution in [0, 0.1) is 6.92 Å². The summed E-state index contributed by atoms with van der Waals surface area (Å²) >= 11 is 0. The molecular formula is C23H33N5O. The second-order valence-electron chi connectivity index (χ2n) is 8.42. The fourth-order valence-corrected chi connectivity index (χ4v) is 4.62. The summed E-state index contributed by atoms with van der Waals surface area (Å²) < 4.78 is 5.67. The third-order valence-electron chi connectivity index (χ3n) is 6.27. The number of aromatic nitrogens is 1. The first-order chi connectivity index (χ1) is 14.1. The van der Waals surface area contributed by atoms with Crippen LogP contribution in [0.4, 0.5) is 0 Å². The first kappa shape index (κ1) is 20.0. The van der Waals surface area contributed by atoms with Crippen molar-refractivity contribution in [1.82, 2.24) is 20.5 Å². The highest BCUT2D eigenvalue weighted by molar-refractivity contribution is 5.80. The lowest BCUT2D eigenvalue weighted by atomic mass is 9.82. The second-order valence-corrected chi connectivity index (χ2v) is 8.42. The van der Waals surface area contributed by atoms with Gasteiger partial charge in [-0.15, -0.1) is 0 Å². The van der Waals surface area contributed by atoms with Gasteiger partial charge in [-0.3, -0.25) is 0 Å². The number of hydrogen-bond donors (Lipinski definition) is 2. The minimum atomic E-state index is 0.486. The van der Waals surface area contributed by atoms with Gasteiger partial charge in [-0.25, -0.2) is 9.98 Å². The Kier molecular flexibility index (Phi) is 6.19. The van der Waals surface area contributed by atoms with E-state index in [9.17, 15) is 0 Å². The molecule has 156 valence electrons. The Morgan fingerprint density at radius 2 is 1.93 bits per heavy atom. The number of guanidine groups is 1. The zero-order chi connectivity index (χ0) is 20.2. The number of fused-ring (bicyclic) bond motifs is 2. The molecule has 2 aliphatic heterocycles. The number of nitrogens with zero attached hydrogens (tertiary/aromatic N) is 3. The van der Waals surface area contributed by atoms with Gasteiger partial charge in [0.1, 0.15) is 12.0 Å². The smallest absolute Gasteiger partial charge is 0.226 e. The van der Waals surface area contributed by atoms with Crippen molar-refractivity contribution < 1.29 is 4.42 Å². The standard InChI is InChI=1S/C23H33N5O/c1-4-24-23(27-18-12-20-6-5-7-21(13-18)28(20)3)25-14-19-15-29-22(26-19)17-10-8-16(2)9-11-17/h8-11,15,18,20-21H,4-7,12-14H2,1-3H3,(H2,24,25,27). The van der Waals surface area contributed by atoms with Crippen molar-refractivity contribution in [3.8, 4) is 11.5 Å². The maximum absolute atomic E-state index is 5.67. The predicted octanol–water partition coefficient (Wildman–Crippen LogP) is 3.72. The lowest BCUT2D eigenvalue weighted by Crippen LogP contribution is -2.56. The zero-order valence-corrected chi connectivity index (χ0v) is 17.8. The van der Waals surface area contributed by atoms with Crippen LogP contribution >= 0.6 is 0 Å². The molecule has 0 spiro atoms. The minimum Gasteiger partial charge on any atom is -0.444 e. The molecule has 1 aromatic heterocycles. The molecule has 6 heteroatoms. The monoisotopic (exact) mass is 395 g/mol. The van der Waals surface area contributed by atoms with Gasteiger partial charge in [0.25, 0.3) is 0 Å². The van der Waals surface area contributed by atoms with Gasteiger partial charge in [0.15, 0.2) is 5.96 Å². The average molecular weight is 396 g/mol. The van der Waals surface area contributed by atoms with E-state index in [0.29, 0.717) is 30.6 Å². The second kappa shape index (κ2) is 8.99. The summed E-state index contributed by atoms with van der Waals surface area (Å²) in [4.78, 5) is 12.0. The highest BCUT2D eigenvalue weighted by atomic mass is 16.3. The van der Waals surface area contributed by atoms with Gasteiger partial charge < -0.3 is 20.0 Å². The van der Waals surface area contributed by atoms with E-state index in [4.69, 9.17) is 9.41 Å². The summed E-state index contributed by atoms with van der Waals surface area (Å²) in [5.41, 5.74) is 3.07. The van der Waals surface area contributed by atoms with E-state index in [1.54, 1.807) is 6.26 Å². The summed E-state index contributed by atoms with van der Waals surface area (Å²) in [6, 6.07) is 10.1. The van der Waals surface area contributed by atoms with Crippen molar-refractivity contribution >= 4 is 5.96 Å². The van der Waals surface area contributed by atoms with Crippen LogP contribution in [0.5, 0.6) is 0 Å². The predicted molar refractivity (Wildman–Crippen MR) is 117 cm³/mol. The summed E-state index contributed by atoms with van der Waals surface area (Å²) in [6.45, 7) is 5.53. The molecule has 2 N–H and O–H groups in total. The van der Waals surface area contributed by atoms with Crippen LogP contribution in [0.15, 0.2) is 39.9 Å². The Morgan fingerprint density at radius 1 is 1.21 bits per heavy atom. The van der Waals surface area contributed by atoms with E-state index in [2.05, 4.69) is 53.5 Å². The molecule has 4 rings (SSSR count).